The number of likely N-dealkylation sites (N-methyl/N-ethyl adjacent to an activating group) is 1. The molecule has 0 aromatic heterocycles. The zero-order valence-corrected chi connectivity index (χ0v) is 25.0. The molecule has 10 heteroatoms. The number of fused-ring (bicyclic) bond motifs is 1. The Morgan fingerprint density at radius 3 is 2.09 bits per heavy atom. The van der Waals surface area contributed by atoms with E-state index < -0.39 is 10.0 Å². The van der Waals surface area contributed by atoms with E-state index in [9.17, 15) is 18.0 Å². The van der Waals surface area contributed by atoms with Gasteiger partial charge in [0.2, 0.25) is 5.91 Å². The number of carbonyl (C=O) groups excluding carboxylic acids is 2. The van der Waals surface area contributed by atoms with Gasteiger partial charge in [-0.15, -0.1) is 0 Å². The molecule has 4 aromatic rings. The lowest BCUT2D eigenvalue weighted by atomic mass is 10.00. The first-order valence-corrected chi connectivity index (χ1v) is 15.2. The first-order chi connectivity index (χ1) is 20.6. The number of nitrogens with zero attached hydrogens (tertiary/aromatic N) is 2. The topological polar surface area (TPSA) is 111 Å². The van der Waals surface area contributed by atoms with Crippen LogP contribution in [0.3, 0.4) is 0 Å². The molecule has 3 N–H and O–H groups in total. The van der Waals surface area contributed by atoms with Crippen LogP contribution in [0.4, 0.5) is 22.7 Å². The molecule has 0 spiro atoms. The molecule has 0 bridgehead atoms. The number of rotatable bonds is 10. The SMILES string of the molecule is CC(=O)N(CCN(C)C)c1ccc(NC(=C2C(=O)Nc3ccc(S(=O)(=O)Nc4ccccc4)cc32)c2ccccc2)cc1. The molecule has 0 fully saturated rings. The van der Waals surface area contributed by atoms with Crippen LogP contribution in [0.15, 0.2) is 108 Å². The molecule has 0 unspecified atom stereocenters. The van der Waals surface area contributed by atoms with E-state index in [-0.39, 0.29) is 16.7 Å². The van der Waals surface area contributed by atoms with Crippen LogP contribution < -0.4 is 20.3 Å². The number of sulfonamides is 1. The predicted molar refractivity (Wildman–Crippen MR) is 172 cm³/mol. The molecular weight excluding hydrogens is 562 g/mol. The molecule has 43 heavy (non-hydrogen) atoms. The molecule has 5 rings (SSSR count). The van der Waals surface area contributed by atoms with Crippen molar-refractivity contribution >= 4 is 55.9 Å². The lowest BCUT2D eigenvalue weighted by Gasteiger charge is -2.23. The second-order valence-electron chi connectivity index (χ2n) is 10.4. The van der Waals surface area contributed by atoms with Crippen LogP contribution >= 0.6 is 0 Å². The van der Waals surface area contributed by atoms with Crippen LogP contribution in [0.2, 0.25) is 0 Å². The largest absolute Gasteiger partial charge is 0.354 e. The number of anilines is 4. The third-order valence-corrected chi connectivity index (χ3v) is 8.36. The zero-order valence-electron chi connectivity index (χ0n) is 24.2. The highest BCUT2D eigenvalue weighted by Crippen LogP contribution is 2.39. The van der Waals surface area contributed by atoms with E-state index in [4.69, 9.17) is 0 Å². The van der Waals surface area contributed by atoms with Crippen LogP contribution in [0.1, 0.15) is 18.1 Å². The van der Waals surface area contributed by atoms with Gasteiger partial charge in [0, 0.05) is 48.3 Å². The lowest BCUT2D eigenvalue weighted by Crippen LogP contribution is -2.35. The fourth-order valence-electron chi connectivity index (χ4n) is 4.80. The summed E-state index contributed by atoms with van der Waals surface area (Å²) in [5, 5.41) is 6.27. The molecule has 1 heterocycles. The number of carbonyl (C=O) groups is 2. The van der Waals surface area contributed by atoms with Crippen molar-refractivity contribution in [3.8, 4) is 0 Å². The summed E-state index contributed by atoms with van der Waals surface area (Å²) in [7, 11) is -0.00703. The third-order valence-electron chi connectivity index (χ3n) is 6.98. The summed E-state index contributed by atoms with van der Waals surface area (Å²) >= 11 is 0. The molecule has 1 aliphatic heterocycles. The third kappa shape index (κ3) is 6.77. The molecule has 4 aromatic carbocycles. The number of para-hydroxylation sites is 1. The minimum Gasteiger partial charge on any atom is -0.354 e. The summed E-state index contributed by atoms with van der Waals surface area (Å²) in [5.41, 5.74) is 4.47. The van der Waals surface area contributed by atoms with Crippen LogP contribution in [0.25, 0.3) is 11.3 Å². The predicted octanol–water partition coefficient (Wildman–Crippen LogP) is 5.33. The van der Waals surface area contributed by atoms with E-state index in [2.05, 4.69) is 15.4 Å². The van der Waals surface area contributed by atoms with Crippen LogP contribution in [-0.4, -0.2) is 52.3 Å². The molecule has 0 saturated carbocycles. The van der Waals surface area contributed by atoms with Gasteiger partial charge in [-0.1, -0.05) is 48.5 Å². The quantitative estimate of drug-likeness (QED) is 0.214. The van der Waals surface area contributed by atoms with Gasteiger partial charge in [-0.3, -0.25) is 14.3 Å². The Hall–Kier alpha value is -4.93. The van der Waals surface area contributed by atoms with E-state index in [1.165, 1.54) is 12.1 Å². The smallest absolute Gasteiger partial charge is 0.261 e. The first-order valence-electron chi connectivity index (χ1n) is 13.8. The summed E-state index contributed by atoms with van der Waals surface area (Å²) in [6.45, 7) is 2.81. The zero-order chi connectivity index (χ0) is 30.6. The van der Waals surface area contributed by atoms with Crippen LogP contribution in [-0.2, 0) is 19.6 Å². The lowest BCUT2D eigenvalue weighted by molar-refractivity contribution is -0.116. The Kier molecular flexibility index (Phi) is 8.61. The number of hydrogen-bond acceptors (Lipinski definition) is 6. The van der Waals surface area contributed by atoms with Gasteiger partial charge in [-0.25, -0.2) is 8.42 Å². The van der Waals surface area contributed by atoms with E-state index in [0.29, 0.717) is 40.4 Å². The van der Waals surface area contributed by atoms with Gasteiger partial charge in [-0.05, 0) is 74.3 Å². The summed E-state index contributed by atoms with van der Waals surface area (Å²) in [6.07, 6.45) is 0. The van der Waals surface area contributed by atoms with E-state index in [0.717, 1.165) is 17.8 Å². The van der Waals surface area contributed by atoms with Crippen molar-refractivity contribution in [2.75, 3.05) is 47.4 Å². The van der Waals surface area contributed by atoms with Crippen molar-refractivity contribution in [3.63, 3.8) is 0 Å². The van der Waals surface area contributed by atoms with Crippen molar-refractivity contribution in [1.29, 1.82) is 0 Å². The van der Waals surface area contributed by atoms with Gasteiger partial charge >= 0.3 is 0 Å². The van der Waals surface area contributed by atoms with E-state index in [1.54, 1.807) is 48.2 Å². The Bertz CT molecular complexity index is 1770. The number of nitrogens with one attached hydrogen (secondary N) is 3. The molecule has 9 nitrogen and oxygen atoms in total. The monoisotopic (exact) mass is 595 g/mol. The second kappa shape index (κ2) is 12.5. The fraction of sp³-hybridized carbons (Fsp3) is 0.152. The molecular formula is C33H33N5O4S. The van der Waals surface area contributed by atoms with Gasteiger partial charge in [0.05, 0.1) is 16.2 Å². The molecule has 220 valence electrons. The number of amides is 2. The maximum absolute atomic E-state index is 13.4. The van der Waals surface area contributed by atoms with Gasteiger partial charge in [0.25, 0.3) is 15.9 Å². The summed E-state index contributed by atoms with van der Waals surface area (Å²) in [6, 6.07) is 30.0. The summed E-state index contributed by atoms with van der Waals surface area (Å²) in [4.78, 5) is 29.5. The van der Waals surface area contributed by atoms with Crippen LogP contribution in [0.5, 0.6) is 0 Å². The minimum atomic E-state index is -3.92. The Balaban J connectivity index is 1.53. The maximum Gasteiger partial charge on any atom is 0.261 e. The number of benzene rings is 4. The molecule has 0 saturated heterocycles. The van der Waals surface area contributed by atoms with Crippen molar-refractivity contribution in [1.82, 2.24) is 4.90 Å². The molecule has 2 amide bonds. The normalized spacial score (nSPS) is 13.7. The van der Waals surface area contributed by atoms with Crippen molar-refractivity contribution in [2.45, 2.75) is 11.8 Å². The molecule has 1 aliphatic rings. The standard InChI is InChI=1S/C33H33N5O4S/c1-23(39)38(21-20-37(2)3)27-16-14-25(15-17-27)34-32(24-10-6-4-7-11-24)31-29-22-28(18-19-30(29)35-33(31)40)43(41,42)36-26-12-8-5-9-13-26/h4-19,22,34,36H,20-21H2,1-3H3,(H,35,40). The van der Waals surface area contributed by atoms with Crippen molar-refractivity contribution in [3.05, 3.63) is 114 Å². The number of hydrogen-bond donors (Lipinski definition) is 3. The van der Waals surface area contributed by atoms with Crippen molar-refractivity contribution in [2.24, 2.45) is 0 Å². The summed E-state index contributed by atoms with van der Waals surface area (Å²) < 4.78 is 29.1. The Morgan fingerprint density at radius 2 is 1.47 bits per heavy atom. The Morgan fingerprint density at radius 1 is 0.814 bits per heavy atom. The molecule has 0 aliphatic carbocycles. The average Bonchev–Trinajstić information content (AvgIpc) is 3.32. The van der Waals surface area contributed by atoms with Gasteiger partial charge in [0.1, 0.15) is 0 Å². The first kappa shape index (κ1) is 29.6. The van der Waals surface area contributed by atoms with E-state index >= 15 is 0 Å². The fourth-order valence-corrected chi connectivity index (χ4v) is 5.89. The average molecular weight is 596 g/mol. The highest BCUT2D eigenvalue weighted by Gasteiger charge is 2.30. The van der Waals surface area contributed by atoms with Gasteiger partial charge in [0.15, 0.2) is 0 Å². The Labute approximate surface area is 251 Å². The van der Waals surface area contributed by atoms with E-state index in [1.807, 2.05) is 73.6 Å². The second-order valence-corrected chi connectivity index (χ2v) is 12.1. The highest BCUT2D eigenvalue weighted by molar-refractivity contribution is 7.92. The van der Waals surface area contributed by atoms with Crippen molar-refractivity contribution < 1.29 is 18.0 Å². The highest BCUT2D eigenvalue weighted by atomic mass is 32.2. The van der Waals surface area contributed by atoms with Crippen LogP contribution in [0, 0.1) is 0 Å². The van der Waals surface area contributed by atoms with Gasteiger partial charge in [-0.2, -0.15) is 0 Å². The maximum atomic E-state index is 13.4. The minimum absolute atomic E-state index is 0.0305. The van der Waals surface area contributed by atoms with Gasteiger partial charge < -0.3 is 20.4 Å². The molecule has 0 radical (unpaired) electrons. The summed E-state index contributed by atoms with van der Waals surface area (Å²) in [5.74, 6) is -0.406. The molecule has 0 atom stereocenters.